The third-order valence-electron chi connectivity index (χ3n) is 3.85. The van der Waals surface area contributed by atoms with Gasteiger partial charge in [-0.15, -0.1) is 0 Å². The van der Waals surface area contributed by atoms with Crippen LogP contribution in [-0.4, -0.2) is 30.4 Å². The molecule has 104 valence electrons. The van der Waals surface area contributed by atoms with Crippen LogP contribution in [-0.2, 0) is 4.79 Å². The van der Waals surface area contributed by atoms with E-state index in [-0.39, 0.29) is 5.91 Å². The summed E-state index contributed by atoms with van der Waals surface area (Å²) in [6, 6.07) is 6.56. The van der Waals surface area contributed by atoms with E-state index in [0.29, 0.717) is 12.5 Å². The molecular formula is C16H24N2O. The van der Waals surface area contributed by atoms with Gasteiger partial charge in [-0.3, -0.25) is 4.79 Å². The molecule has 0 bridgehead atoms. The van der Waals surface area contributed by atoms with Gasteiger partial charge in [-0.05, 0) is 63.5 Å². The number of aryl methyl sites for hydroxylation is 2. The van der Waals surface area contributed by atoms with E-state index in [1.54, 1.807) is 0 Å². The summed E-state index contributed by atoms with van der Waals surface area (Å²) in [5.74, 6) is 0.128. The maximum atomic E-state index is 12.1. The minimum atomic E-state index is 0.128. The van der Waals surface area contributed by atoms with Gasteiger partial charge >= 0.3 is 0 Å². The number of rotatable bonds is 3. The minimum absolute atomic E-state index is 0.128. The molecule has 0 aromatic heterocycles. The summed E-state index contributed by atoms with van der Waals surface area (Å²) < 4.78 is 0. The Bertz CT molecular complexity index is 436. The lowest BCUT2D eigenvalue weighted by molar-refractivity contribution is -0.117. The topological polar surface area (TPSA) is 32.3 Å². The van der Waals surface area contributed by atoms with Crippen LogP contribution in [0.1, 0.15) is 36.8 Å². The zero-order valence-corrected chi connectivity index (χ0v) is 12.2. The Hall–Kier alpha value is -1.35. The summed E-state index contributed by atoms with van der Waals surface area (Å²) in [6.45, 7) is 5.22. The van der Waals surface area contributed by atoms with Gasteiger partial charge in [0, 0.05) is 18.2 Å². The molecule has 2 rings (SSSR count). The molecule has 1 aliphatic rings. The molecule has 3 heteroatoms. The number of benzene rings is 1. The first-order valence-electron chi connectivity index (χ1n) is 7.13. The van der Waals surface area contributed by atoms with Gasteiger partial charge in [0.2, 0.25) is 5.91 Å². The van der Waals surface area contributed by atoms with E-state index in [1.165, 1.54) is 24.0 Å². The SMILES string of the molecule is Cc1cc(C)cc(NC(=O)CC2CCCCN2C)c1. The molecule has 1 aromatic carbocycles. The van der Waals surface area contributed by atoms with E-state index >= 15 is 0 Å². The van der Waals surface area contributed by atoms with E-state index in [4.69, 9.17) is 0 Å². The molecule has 0 spiro atoms. The molecule has 1 unspecified atom stereocenters. The molecule has 1 amide bonds. The average Bonchev–Trinajstić information content (AvgIpc) is 2.30. The molecular weight excluding hydrogens is 236 g/mol. The number of hydrogen-bond acceptors (Lipinski definition) is 2. The maximum Gasteiger partial charge on any atom is 0.225 e. The molecule has 19 heavy (non-hydrogen) atoms. The largest absolute Gasteiger partial charge is 0.326 e. The summed E-state index contributed by atoms with van der Waals surface area (Å²) in [6.07, 6.45) is 4.23. The van der Waals surface area contributed by atoms with Crippen molar-refractivity contribution in [3.8, 4) is 0 Å². The van der Waals surface area contributed by atoms with Crippen LogP contribution in [0.3, 0.4) is 0 Å². The van der Waals surface area contributed by atoms with Crippen molar-refractivity contribution in [3.05, 3.63) is 29.3 Å². The number of nitrogens with one attached hydrogen (secondary N) is 1. The Morgan fingerprint density at radius 2 is 1.95 bits per heavy atom. The molecule has 0 radical (unpaired) electrons. The summed E-state index contributed by atoms with van der Waals surface area (Å²) in [5, 5.41) is 3.03. The second kappa shape index (κ2) is 6.20. The predicted octanol–water partition coefficient (Wildman–Crippen LogP) is 3.12. The van der Waals surface area contributed by atoms with Crippen molar-refractivity contribution in [1.29, 1.82) is 0 Å². The van der Waals surface area contributed by atoms with Crippen LogP contribution in [0.2, 0.25) is 0 Å². The number of hydrogen-bond donors (Lipinski definition) is 1. The Kier molecular flexibility index (Phi) is 4.59. The standard InChI is InChI=1S/C16H24N2O/c1-12-8-13(2)10-14(9-12)17-16(19)11-15-6-4-5-7-18(15)3/h8-10,15H,4-7,11H2,1-3H3,(H,17,19). The molecule has 1 fully saturated rings. The first-order chi connectivity index (χ1) is 9.04. The Labute approximate surface area is 116 Å². The lowest BCUT2D eigenvalue weighted by Gasteiger charge is -2.31. The highest BCUT2D eigenvalue weighted by molar-refractivity contribution is 5.91. The Morgan fingerprint density at radius 3 is 2.58 bits per heavy atom. The van der Waals surface area contributed by atoms with Gasteiger partial charge < -0.3 is 10.2 Å². The first kappa shape index (κ1) is 14.1. The number of carbonyl (C=O) groups is 1. The van der Waals surface area contributed by atoms with Gasteiger partial charge in [-0.2, -0.15) is 0 Å². The third kappa shape index (κ3) is 4.06. The van der Waals surface area contributed by atoms with E-state index in [2.05, 4.69) is 37.2 Å². The second-order valence-corrected chi connectivity index (χ2v) is 5.76. The first-order valence-corrected chi connectivity index (χ1v) is 7.13. The fourth-order valence-electron chi connectivity index (χ4n) is 2.87. The fraction of sp³-hybridized carbons (Fsp3) is 0.562. The van der Waals surface area contributed by atoms with Gasteiger partial charge in [0.15, 0.2) is 0 Å². The molecule has 1 heterocycles. The van der Waals surface area contributed by atoms with Crippen LogP contribution in [0.25, 0.3) is 0 Å². The summed E-state index contributed by atoms with van der Waals surface area (Å²) >= 11 is 0. The number of amides is 1. The highest BCUT2D eigenvalue weighted by atomic mass is 16.1. The van der Waals surface area contributed by atoms with Crippen LogP contribution in [0.5, 0.6) is 0 Å². The van der Waals surface area contributed by atoms with Gasteiger partial charge in [0.05, 0.1) is 0 Å². The Balaban J connectivity index is 1.93. The van der Waals surface area contributed by atoms with Crippen LogP contribution < -0.4 is 5.32 Å². The quantitative estimate of drug-likeness (QED) is 0.905. The van der Waals surface area contributed by atoms with Crippen molar-refractivity contribution in [2.75, 3.05) is 18.9 Å². The average molecular weight is 260 g/mol. The molecule has 0 saturated carbocycles. The number of anilines is 1. The lowest BCUT2D eigenvalue weighted by Crippen LogP contribution is -2.38. The van der Waals surface area contributed by atoms with E-state index in [0.717, 1.165) is 18.7 Å². The van der Waals surface area contributed by atoms with Gasteiger partial charge in [0.1, 0.15) is 0 Å². The monoisotopic (exact) mass is 260 g/mol. The van der Waals surface area contributed by atoms with Crippen molar-refractivity contribution >= 4 is 11.6 Å². The highest BCUT2D eigenvalue weighted by Crippen LogP contribution is 2.19. The van der Waals surface area contributed by atoms with Crippen LogP contribution >= 0.6 is 0 Å². The van der Waals surface area contributed by atoms with Crippen molar-refractivity contribution in [1.82, 2.24) is 4.90 Å². The molecule has 0 aliphatic carbocycles. The maximum absolute atomic E-state index is 12.1. The molecule has 1 N–H and O–H groups in total. The van der Waals surface area contributed by atoms with Crippen molar-refractivity contribution < 1.29 is 4.79 Å². The molecule has 1 aromatic rings. The summed E-state index contributed by atoms with van der Waals surface area (Å²) in [4.78, 5) is 14.4. The third-order valence-corrected chi connectivity index (χ3v) is 3.85. The fourth-order valence-corrected chi connectivity index (χ4v) is 2.87. The summed E-state index contributed by atoms with van der Waals surface area (Å²) in [5.41, 5.74) is 3.29. The molecule has 3 nitrogen and oxygen atoms in total. The lowest BCUT2D eigenvalue weighted by atomic mass is 10.00. The van der Waals surface area contributed by atoms with Crippen molar-refractivity contribution in [2.24, 2.45) is 0 Å². The predicted molar refractivity (Wildman–Crippen MR) is 79.4 cm³/mol. The van der Waals surface area contributed by atoms with Crippen LogP contribution in [0.15, 0.2) is 18.2 Å². The van der Waals surface area contributed by atoms with E-state index < -0.39 is 0 Å². The van der Waals surface area contributed by atoms with Gasteiger partial charge in [-0.25, -0.2) is 0 Å². The Morgan fingerprint density at radius 1 is 1.26 bits per heavy atom. The number of likely N-dealkylation sites (tertiary alicyclic amines) is 1. The van der Waals surface area contributed by atoms with Crippen molar-refractivity contribution in [3.63, 3.8) is 0 Å². The zero-order chi connectivity index (χ0) is 13.8. The van der Waals surface area contributed by atoms with Gasteiger partial charge in [0.25, 0.3) is 0 Å². The second-order valence-electron chi connectivity index (χ2n) is 5.76. The zero-order valence-electron chi connectivity index (χ0n) is 12.2. The number of piperidine rings is 1. The number of carbonyl (C=O) groups excluding carboxylic acids is 1. The summed E-state index contributed by atoms with van der Waals surface area (Å²) in [7, 11) is 2.12. The van der Waals surface area contributed by atoms with Gasteiger partial charge in [-0.1, -0.05) is 12.5 Å². The van der Waals surface area contributed by atoms with Crippen LogP contribution in [0.4, 0.5) is 5.69 Å². The smallest absolute Gasteiger partial charge is 0.225 e. The number of nitrogens with zero attached hydrogens (tertiary/aromatic N) is 1. The van der Waals surface area contributed by atoms with E-state index in [1.807, 2.05) is 12.1 Å². The molecule has 1 aliphatic heterocycles. The van der Waals surface area contributed by atoms with Crippen LogP contribution in [0, 0.1) is 13.8 Å². The van der Waals surface area contributed by atoms with Crippen molar-refractivity contribution in [2.45, 2.75) is 45.6 Å². The molecule has 1 saturated heterocycles. The minimum Gasteiger partial charge on any atom is -0.326 e. The molecule has 1 atom stereocenters. The highest BCUT2D eigenvalue weighted by Gasteiger charge is 2.21. The normalized spacial score (nSPS) is 20.3. The van der Waals surface area contributed by atoms with E-state index in [9.17, 15) is 4.79 Å².